The predicted molar refractivity (Wildman–Crippen MR) is 118 cm³/mol. The van der Waals surface area contributed by atoms with Crippen molar-refractivity contribution in [3.63, 3.8) is 0 Å². The average Bonchev–Trinajstić information content (AvgIpc) is 2.70. The molecule has 1 heterocycles. The molecule has 0 radical (unpaired) electrons. The van der Waals surface area contributed by atoms with Gasteiger partial charge >= 0.3 is 0 Å². The monoisotopic (exact) mass is 435 g/mol. The molecule has 162 valence electrons. The summed E-state index contributed by atoms with van der Waals surface area (Å²) in [6.07, 6.45) is 1.36. The van der Waals surface area contributed by atoms with E-state index in [4.69, 9.17) is 15.2 Å². The van der Waals surface area contributed by atoms with Crippen molar-refractivity contribution in [3.8, 4) is 5.75 Å². The summed E-state index contributed by atoms with van der Waals surface area (Å²) in [4.78, 5) is 15.0. The second kappa shape index (κ2) is 14.0. The largest absolute Gasteiger partial charge is 0.492 e. The summed E-state index contributed by atoms with van der Waals surface area (Å²) in [7, 11) is 0. The molecule has 0 aromatic heterocycles. The Labute approximate surface area is 181 Å². The Hall–Kier alpha value is -1.05. The molecule has 0 unspecified atom stereocenters. The molecule has 0 saturated carbocycles. The van der Waals surface area contributed by atoms with E-state index in [-0.39, 0.29) is 30.7 Å². The second-order valence-electron chi connectivity index (χ2n) is 6.76. The zero-order valence-electron chi connectivity index (χ0n) is 16.9. The minimum atomic E-state index is -0.503. The molecule has 0 aliphatic carbocycles. The average molecular weight is 436 g/mol. The summed E-state index contributed by atoms with van der Waals surface area (Å²) in [5.74, 6) is 0.843. The highest BCUT2D eigenvalue weighted by Crippen LogP contribution is 2.30. The van der Waals surface area contributed by atoms with Crippen molar-refractivity contribution in [3.05, 3.63) is 29.8 Å². The molecule has 3 N–H and O–H groups in total. The first-order valence-corrected chi connectivity index (χ1v) is 9.64. The lowest BCUT2D eigenvalue weighted by Crippen LogP contribution is -2.49. The van der Waals surface area contributed by atoms with E-state index in [0.29, 0.717) is 45.8 Å². The van der Waals surface area contributed by atoms with E-state index in [2.05, 4.69) is 24.1 Å². The summed E-state index contributed by atoms with van der Waals surface area (Å²) in [5.41, 5.74) is 6.40. The van der Waals surface area contributed by atoms with Crippen LogP contribution in [0.25, 0.3) is 0 Å². The van der Waals surface area contributed by atoms with E-state index in [1.54, 1.807) is 0 Å². The van der Waals surface area contributed by atoms with Crippen LogP contribution in [-0.2, 0) is 16.1 Å². The fraction of sp³-hybridized carbons (Fsp3) is 0.650. The number of nitrogens with two attached hydrogens (primary N) is 1. The standard InChI is InChI=1S/C20H33N3O3.2ClH/c1-3-23(4-2)11-14-26-18-8-6-5-7-17(18)15-22-19(24)20(16-21)9-12-25-13-10-20;;/h5-8H,3-4,9-16,21H2,1-2H3,(H,22,24);2*1H. The van der Waals surface area contributed by atoms with Gasteiger partial charge in [-0.1, -0.05) is 32.0 Å². The normalized spacial score (nSPS) is 15.3. The summed E-state index contributed by atoms with van der Waals surface area (Å²) in [6.45, 7) is 9.84. The number of para-hydroxylation sites is 1. The predicted octanol–water partition coefficient (Wildman–Crippen LogP) is 2.62. The molecule has 28 heavy (non-hydrogen) atoms. The third-order valence-corrected chi connectivity index (χ3v) is 5.29. The number of nitrogens with zero attached hydrogens (tertiary/aromatic N) is 1. The molecular formula is C20H35Cl2N3O3. The SMILES string of the molecule is CCN(CC)CCOc1ccccc1CNC(=O)C1(CN)CCOCC1.Cl.Cl. The lowest BCUT2D eigenvalue weighted by Gasteiger charge is -2.34. The Morgan fingerprint density at radius 2 is 1.86 bits per heavy atom. The molecule has 0 spiro atoms. The zero-order valence-corrected chi connectivity index (χ0v) is 18.6. The third-order valence-electron chi connectivity index (χ3n) is 5.29. The van der Waals surface area contributed by atoms with Crippen LogP contribution in [0.15, 0.2) is 24.3 Å². The second-order valence-corrected chi connectivity index (χ2v) is 6.76. The molecule has 6 nitrogen and oxygen atoms in total. The number of halogens is 2. The van der Waals surface area contributed by atoms with E-state index in [9.17, 15) is 4.79 Å². The van der Waals surface area contributed by atoms with Crippen LogP contribution in [0.2, 0.25) is 0 Å². The highest BCUT2D eigenvalue weighted by Gasteiger charge is 2.38. The minimum Gasteiger partial charge on any atom is -0.492 e. The number of carbonyl (C=O) groups excluding carboxylic acids is 1. The van der Waals surface area contributed by atoms with Crippen LogP contribution in [0.5, 0.6) is 5.75 Å². The summed E-state index contributed by atoms with van der Waals surface area (Å²) < 4.78 is 11.3. The fourth-order valence-electron chi connectivity index (χ4n) is 3.26. The van der Waals surface area contributed by atoms with Crippen LogP contribution in [-0.4, -0.2) is 56.8 Å². The van der Waals surface area contributed by atoms with Crippen molar-refractivity contribution >= 4 is 30.7 Å². The Morgan fingerprint density at radius 3 is 2.46 bits per heavy atom. The van der Waals surface area contributed by atoms with Gasteiger partial charge in [-0.15, -0.1) is 24.8 Å². The van der Waals surface area contributed by atoms with Crippen molar-refractivity contribution in [1.29, 1.82) is 0 Å². The van der Waals surface area contributed by atoms with Crippen molar-refractivity contribution in [2.24, 2.45) is 11.1 Å². The minimum absolute atomic E-state index is 0. The summed E-state index contributed by atoms with van der Waals surface area (Å²) >= 11 is 0. The van der Waals surface area contributed by atoms with Crippen molar-refractivity contribution in [2.75, 3.05) is 46.0 Å². The van der Waals surface area contributed by atoms with E-state index in [1.807, 2.05) is 24.3 Å². The smallest absolute Gasteiger partial charge is 0.227 e. The fourth-order valence-corrected chi connectivity index (χ4v) is 3.26. The first kappa shape index (κ1) is 27.0. The van der Waals surface area contributed by atoms with Gasteiger partial charge in [-0.3, -0.25) is 4.79 Å². The van der Waals surface area contributed by atoms with Gasteiger partial charge in [-0.25, -0.2) is 0 Å². The number of hydrogen-bond donors (Lipinski definition) is 2. The molecule has 1 aliphatic heterocycles. The molecule has 1 fully saturated rings. The first-order valence-electron chi connectivity index (χ1n) is 9.64. The molecular weight excluding hydrogens is 401 g/mol. The maximum absolute atomic E-state index is 12.7. The summed E-state index contributed by atoms with van der Waals surface area (Å²) in [5, 5.41) is 3.06. The van der Waals surface area contributed by atoms with E-state index in [0.717, 1.165) is 30.9 Å². The molecule has 1 aromatic carbocycles. The van der Waals surface area contributed by atoms with Gasteiger partial charge in [0.2, 0.25) is 5.91 Å². The maximum atomic E-state index is 12.7. The van der Waals surface area contributed by atoms with E-state index < -0.39 is 5.41 Å². The number of amides is 1. The van der Waals surface area contributed by atoms with Crippen LogP contribution < -0.4 is 15.8 Å². The lowest BCUT2D eigenvalue weighted by molar-refractivity contribution is -0.136. The lowest BCUT2D eigenvalue weighted by atomic mass is 9.79. The number of nitrogens with one attached hydrogen (secondary N) is 1. The van der Waals surface area contributed by atoms with Gasteiger partial charge < -0.3 is 25.4 Å². The molecule has 0 atom stereocenters. The number of likely N-dealkylation sites (N-methyl/N-ethyl adjacent to an activating group) is 1. The van der Waals surface area contributed by atoms with Crippen LogP contribution in [0, 0.1) is 5.41 Å². The number of rotatable bonds is 10. The van der Waals surface area contributed by atoms with Gasteiger partial charge in [-0.2, -0.15) is 0 Å². The Balaban J connectivity index is 0.00000364. The highest BCUT2D eigenvalue weighted by molar-refractivity contribution is 5.85. The molecule has 0 bridgehead atoms. The van der Waals surface area contributed by atoms with Crippen LogP contribution in [0.4, 0.5) is 0 Å². The van der Waals surface area contributed by atoms with Crippen molar-refractivity contribution in [1.82, 2.24) is 10.2 Å². The van der Waals surface area contributed by atoms with Crippen LogP contribution in [0.1, 0.15) is 32.3 Å². The molecule has 1 saturated heterocycles. The van der Waals surface area contributed by atoms with Gasteiger partial charge in [0.1, 0.15) is 12.4 Å². The van der Waals surface area contributed by atoms with E-state index >= 15 is 0 Å². The highest BCUT2D eigenvalue weighted by atomic mass is 35.5. The van der Waals surface area contributed by atoms with Crippen molar-refractivity contribution in [2.45, 2.75) is 33.2 Å². The van der Waals surface area contributed by atoms with Gasteiger partial charge in [0, 0.05) is 38.4 Å². The van der Waals surface area contributed by atoms with E-state index in [1.165, 1.54) is 0 Å². The van der Waals surface area contributed by atoms with Gasteiger partial charge in [0.25, 0.3) is 0 Å². The molecule has 8 heteroatoms. The Kier molecular flexibility index (Phi) is 13.5. The maximum Gasteiger partial charge on any atom is 0.227 e. The number of ether oxygens (including phenoxy) is 2. The Morgan fingerprint density at radius 1 is 1.21 bits per heavy atom. The van der Waals surface area contributed by atoms with Crippen LogP contribution >= 0.6 is 24.8 Å². The Bertz CT molecular complexity index is 565. The number of hydrogen-bond acceptors (Lipinski definition) is 5. The van der Waals surface area contributed by atoms with Crippen LogP contribution in [0.3, 0.4) is 0 Å². The zero-order chi connectivity index (χ0) is 18.8. The quantitative estimate of drug-likeness (QED) is 0.590. The molecule has 1 aromatic rings. The summed E-state index contributed by atoms with van der Waals surface area (Å²) in [6, 6.07) is 7.87. The van der Waals surface area contributed by atoms with Gasteiger partial charge in [-0.05, 0) is 32.0 Å². The van der Waals surface area contributed by atoms with Crippen molar-refractivity contribution < 1.29 is 14.3 Å². The topological polar surface area (TPSA) is 76.8 Å². The molecule has 1 aliphatic rings. The number of benzene rings is 1. The first-order chi connectivity index (χ1) is 12.6. The van der Waals surface area contributed by atoms with Gasteiger partial charge in [0.05, 0.1) is 5.41 Å². The van der Waals surface area contributed by atoms with Gasteiger partial charge in [0.15, 0.2) is 0 Å². The third kappa shape index (κ3) is 7.41. The molecule has 1 amide bonds. The molecule has 2 rings (SSSR count). The number of carbonyl (C=O) groups is 1.